The van der Waals surface area contributed by atoms with Crippen LogP contribution in [-0.4, -0.2) is 29.9 Å². The molecule has 3 aromatic heterocycles. The third-order valence-electron chi connectivity index (χ3n) is 13.2. The molecule has 0 bridgehead atoms. The van der Waals surface area contributed by atoms with Gasteiger partial charge in [-0.15, -0.1) is 0 Å². The van der Waals surface area contributed by atoms with Crippen molar-refractivity contribution in [3.05, 3.63) is 267 Å². The van der Waals surface area contributed by atoms with Gasteiger partial charge in [-0.05, 0) is 60.7 Å². The molecule has 13 rings (SSSR count). The Morgan fingerprint density at radius 1 is 0.203 bits per heavy atom. The van der Waals surface area contributed by atoms with Crippen LogP contribution in [0.4, 0.5) is 34.4 Å². The Balaban J connectivity index is 1.05. The van der Waals surface area contributed by atoms with Gasteiger partial charge in [-0.3, -0.25) is 4.90 Å². The highest BCUT2D eigenvalue weighted by molar-refractivity contribution is 6.03. The van der Waals surface area contributed by atoms with Crippen molar-refractivity contribution in [3.8, 4) is 90.3 Å². The highest BCUT2D eigenvalue weighted by Crippen LogP contribution is 2.55. The highest BCUT2D eigenvalue weighted by Gasteiger charge is 2.34. The lowest BCUT2D eigenvalue weighted by molar-refractivity contribution is 1.06. The van der Waals surface area contributed by atoms with E-state index in [1.807, 2.05) is 109 Å². The monoisotopic (exact) mass is 948 g/mol. The van der Waals surface area contributed by atoms with Crippen molar-refractivity contribution < 1.29 is 0 Å². The van der Waals surface area contributed by atoms with Crippen LogP contribution in [0.5, 0.6) is 0 Å². The molecule has 0 unspecified atom stereocenters. The van der Waals surface area contributed by atoms with Gasteiger partial charge >= 0.3 is 0 Å². The van der Waals surface area contributed by atoms with Crippen LogP contribution in [0.1, 0.15) is 0 Å². The van der Waals surface area contributed by atoms with Gasteiger partial charge in [0, 0.05) is 44.5 Å². The predicted molar refractivity (Wildman–Crippen MR) is 300 cm³/mol. The van der Waals surface area contributed by atoms with Crippen LogP contribution < -0.4 is 9.80 Å². The van der Waals surface area contributed by atoms with Crippen molar-refractivity contribution in [1.82, 2.24) is 29.9 Å². The van der Waals surface area contributed by atoms with E-state index in [-0.39, 0.29) is 0 Å². The highest BCUT2D eigenvalue weighted by atomic mass is 15.3. The molecule has 8 nitrogen and oxygen atoms in total. The molecule has 0 saturated heterocycles. The number of para-hydroxylation sites is 4. The zero-order chi connectivity index (χ0) is 49.2. The Morgan fingerprint density at radius 2 is 0.500 bits per heavy atom. The molecule has 0 radical (unpaired) electrons. The fourth-order valence-corrected chi connectivity index (χ4v) is 9.69. The lowest BCUT2D eigenvalue weighted by atomic mass is 9.98. The van der Waals surface area contributed by atoms with Gasteiger partial charge in [0.25, 0.3) is 0 Å². The summed E-state index contributed by atoms with van der Waals surface area (Å²) in [5, 5.41) is 0. The van der Waals surface area contributed by atoms with Gasteiger partial charge in [0.1, 0.15) is 0 Å². The number of hydrogen-bond donors (Lipinski definition) is 0. The van der Waals surface area contributed by atoms with Gasteiger partial charge in [0.05, 0.1) is 62.6 Å². The average Bonchev–Trinajstić information content (AvgIpc) is 3.49. The molecule has 0 N–H and O–H groups in total. The van der Waals surface area contributed by atoms with Crippen molar-refractivity contribution in [2.24, 2.45) is 0 Å². The summed E-state index contributed by atoms with van der Waals surface area (Å²) in [6.45, 7) is 0. The fourth-order valence-electron chi connectivity index (χ4n) is 9.69. The number of rotatable bonds is 10. The standard InChI is InChI=1S/C66H44N8/c1-7-23-45(24-8-1)53-42-54(46-25-9-2-10-26-46)69-65(68-53)51-39-40-59(52(41-51)58-44-55(47-27-11-3-12-28-47)67-64(70-58)50-33-17-6-18-34-50)73-60-35-19-21-37-62(60)74(63-38-22-20-36-61(63)73)66-71-56(48-29-13-4-14-30-48)43-57(72-66)49-31-15-5-16-32-49/h1-44H. The lowest BCUT2D eigenvalue weighted by Gasteiger charge is -2.40. The minimum atomic E-state index is 0.556. The maximum absolute atomic E-state index is 5.46. The molecule has 4 heterocycles. The van der Waals surface area contributed by atoms with Crippen LogP contribution in [0.15, 0.2) is 267 Å². The second kappa shape index (κ2) is 19.2. The molecular weight excluding hydrogens is 905 g/mol. The summed E-state index contributed by atoms with van der Waals surface area (Å²) in [7, 11) is 0. The van der Waals surface area contributed by atoms with E-state index in [1.54, 1.807) is 0 Å². The predicted octanol–water partition coefficient (Wildman–Crippen LogP) is 16.6. The summed E-state index contributed by atoms with van der Waals surface area (Å²) in [4.78, 5) is 36.5. The van der Waals surface area contributed by atoms with E-state index in [0.29, 0.717) is 17.6 Å². The Kier molecular flexibility index (Phi) is 11.4. The van der Waals surface area contributed by atoms with Gasteiger partial charge in [-0.25, -0.2) is 29.9 Å². The molecule has 8 heteroatoms. The largest absolute Gasteiger partial charge is 0.306 e. The van der Waals surface area contributed by atoms with Gasteiger partial charge in [0.2, 0.25) is 5.95 Å². The van der Waals surface area contributed by atoms with Crippen molar-refractivity contribution in [2.75, 3.05) is 9.80 Å². The Bertz CT molecular complexity index is 3730. The van der Waals surface area contributed by atoms with Crippen molar-refractivity contribution in [2.45, 2.75) is 0 Å². The Morgan fingerprint density at radius 3 is 0.892 bits per heavy atom. The lowest BCUT2D eigenvalue weighted by Crippen LogP contribution is -2.25. The SMILES string of the molecule is c1ccc(-c2cc(-c3ccccc3)nc(-c3ccc(N4c5ccccc5N(c5nc(-c6ccccc6)cc(-c6ccccc6)n5)c5ccccc54)c(-c4cc(-c5ccccc5)nc(-c5ccccc5)n4)c3)n2)cc1. The van der Waals surface area contributed by atoms with Crippen molar-refractivity contribution in [1.29, 1.82) is 0 Å². The van der Waals surface area contributed by atoms with Gasteiger partial charge in [-0.2, -0.15) is 0 Å². The molecule has 1 aliphatic rings. The molecule has 0 atom stereocenters. The molecule has 0 spiro atoms. The van der Waals surface area contributed by atoms with Crippen LogP contribution in [0, 0.1) is 0 Å². The maximum atomic E-state index is 5.46. The zero-order valence-electron chi connectivity index (χ0n) is 40.0. The molecule has 0 amide bonds. The first-order chi connectivity index (χ1) is 36.7. The number of anilines is 6. The summed E-state index contributed by atoms with van der Waals surface area (Å²) >= 11 is 0. The average molecular weight is 949 g/mol. The smallest absolute Gasteiger partial charge is 0.235 e. The molecule has 0 saturated carbocycles. The first-order valence-corrected chi connectivity index (χ1v) is 24.6. The minimum Gasteiger partial charge on any atom is -0.306 e. The first-order valence-electron chi connectivity index (χ1n) is 24.6. The topological polar surface area (TPSA) is 83.8 Å². The van der Waals surface area contributed by atoms with Crippen LogP contribution >= 0.6 is 0 Å². The van der Waals surface area contributed by atoms with Crippen LogP contribution in [0.25, 0.3) is 90.3 Å². The van der Waals surface area contributed by atoms with Crippen LogP contribution in [0.3, 0.4) is 0 Å². The molecule has 0 fully saturated rings. The van der Waals surface area contributed by atoms with Crippen molar-refractivity contribution >= 4 is 34.4 Å². The third-order valence-corrected chi connectivity index (χ3v) is 13.2. The number of benzene rings is 9. The molecule has 12 aromatic rings. The molecule has 348 valence electrons. The summed E-state index contributed by atoms with van der Waals surface area (Å²) < 4.78 is 0. The number of nitrogens with zero attached hydrogens (tertiary/aromatic N) is 8. The summed E-state index contributed by atoms with van der Waals surface area (Å²) in [5.74, 6) is 1.76. The van der Waals surface area contributed by atoms with E-state index in [1.165, 1.54) is 0 Å². The van der Waals surface area contributed by atoms with Gasteiger partial charge < -0.3 is 4.90 Å². The second-order valence-electron chi connectivity index (χ2n) is 17.9. The Hall–Kier alpha value is -10.2. The normalized spacial score (nSPS) is 11.7. The second-order valence-corrected chi connectivity index (χ2v) is 17.9. The summed E-state index contributed by atoms with van der Waals surface area (Å²) in [6.07, 6.45) is 0. The minimum absolute atomic E-state index is 0.556. The maximum Gasteiger partial charge on any atom is 0.235 e. The molecule has 1 aliphatic heterocycles. The van der Waals surface area contributed by atoms with E-state index in [9.17, 15) is 0 Å². The molecular formula is C66H44N8. The first kappa shape index (κ1) is 43.8. The van der Waals surface area contributed by atoms with Gasteiger partial charge in [0.15, 0.2) is 11.6 Å². The number of aromatic nitrogens is 6. The summed E-state index contributed by atoms with van der Waals surface area (Å²) in [5.41, 5.74) is 17.0. The van der Waals surface area contributed by atoms with E-state index in [4.69, 9.17) is 29.9 Å². The fraction of sp³-hybridized carbons (Fsp3) is 0. The number of fused-ring (bicyclic) bond motifs is 2. The molecule has 0 aliphatic carbocycles. The van der Waals surface area contributed by atoms with E-state index in [2.05, 4.69) is 168 Å². The molecule has 9 aromatic carbocycles. The quantitative estimate of drug-likeness (QED) is 0.134. The van der Waals surface area contributed by atoms with Crippen LogP contribution in [0.2, 0.25) is 0 Å². The van der Waals surface area contributed by atoms with Crippen molar-refractivity contribution in [3.63, 3.8) is 0 Å². The van der Waals surface area contributed by atoms with Crippen LogP contribution in [-0.2, 0) is 0 Å². The zero-order valence-corrected chi connectivity index (χ0v) is 40.0. The van der Waals surface area contributed by atoms with E-state index < -0.39 is 0 Å². The molecule has 74 heavy (non-hydrogen) atoms. The van der Waals surface area contributed by atoms with E-state index in [0.717, 1.165) is 107 Å². The van der Waals surface area contributed by atoms with Gasteiger partial charge in [-0.1, -0.05) is 206 Å². The number of hydrogen-bond acceptors (Lipinski definition) is 8. The third kappa shape index (κ3) is 8.42. The Labute approximate surface area is 429 Å². The van der Waals surface area contributed by atoms with E-state index >= 15 is 0 Å². The summed E-state index contributed by atoms with van der Waals surface area (Å²) in [6, 6.07) is 91.4.